The minimum absolute atomic E-state index is 0.939. The Balaban J connectivity index is 1.93. The van der Waals surface area contributed by atoms with E-state index in [1.807, 2.05) is 24.3 Å². The van der Waals surface area contributed by atoms with Crippen molar-refractivity contribution in [2.45, 2.75) is 0 Å². The molecule has 23 heavy (non-hydrogen) atoms. The highest BCUT2D eigenvalue weighted by atomic mass is 15.1. The molecule has 2 nitrogen and oxygen atoms in total. The zero-order chi connectivity index (χ0) is 15.2. The van der Waals surface area contributed by atoms with Gasteiger partial charge in [-0.05, 0) is 36.4 Å². The van der Waals surface area contributed by atoms with Crippen LogP contribution in [0, 0.1) is 6.07 Å². The first kappa shape index (κ1) is 12.4. The van der Waals surface area contributed by atoms with Gasteiger partial charge in [0.2, 0.25) is 0 Å². The van der Waals surface area contributed by atoms with E-state index in [9.17, 15) is 0 Å². The molecule has 0 aliphatic rings. The minimum Gasteiger partial charge on any atom is -0.294 e. The largest absolute Gasteiger partial charge is 0.294 e. The number of benzene rings is 3. The molecule has 2 heteroatoms. The van der Waals surface area contributed by atoms with Gasteiger partial charge < -0.3 is 0 Å². The Morgan fingerprint density at radius 1 is 0.739 bits per heavy atom. The van der Waals surface area contributed by atoms with Gasteiger partial charge >= 0.3 is 0 Å². The summed E-state index contributed by atoms with van der Waals surface area (Å²) in [4.78, 5) is 4.87. The lowest BCUT2D eigenvalue weighted by Gasteiger charge is -2.07. The molecule has 0 atom stereocenters. The van der Waals surface area contributed by atoms with Crippen molar-refractivity contribution in [1.82, 2.24) is 9.55 Å². The predicted molar refractivity (Wildman–Crippen MR) is 94.9 cm³/mol. The highest BCUT2D eigenvalue weighted by Crippen LogP contribution is 2.31. The van der Waals surface area contributed by atoms with Crippen molar-refractivity contribution in [1.29, 1.82) is 0 Å². The molecule has 5 rings (SSSR count). The summed E-state index contributed by atoms with van der Waals surface area (Å²) in [5.41, 5.74) is 3.31. The van der Waals surface area contributed by atoms with Crippen LogP contribution in [0.3, 0.4) is 0 Å². The summed E-state index contributed by atoms with van der Waals surface area (Å²) in [6.45, 7) is 0. The molecule has 0 aliphatic carbocycles. The predicted octanol–water partition coefficient (Wildman–Crippen LogP) is 5.13. The van der Waals surface area contributed by atoms with Crippen molar-refractivity contribution in [3.05, 3.63) is 84.9 Å². The van der Waals surface area contributed by atoms with Crippen LogP contribution in [0.25, 0.3) is 38.5 Å². The van der Waals surface area contributed by atoms with Crippen LogP contribution in [0.15, 0.2) is 78.9 Å². The molecule has 0 aliphatic heterocycles. The van der Waals surface area contributed by atoms with E-state index >= 15 is 0 Å². The average molecular weight is 293 g/mol. The second kappa shape index (κ2) is 4.68. The standard InChI is InChI=1S/C21H13N2/c1-4-10-18-15(7-1)13-14-21(22-18)23-19-11-5-2-8-16(19)17-9-3-6-12-20(17)23/h1-8,10-14H. The molecule has 0 unspecified atom stereocenters. The maximum atomic E-state index is 4.87. The van der Waals surface area contributed by atoms with E-state index in [0.29, 0.717) is 0 Å². The number of fused-ring (bicyclic) bond motifs is 4. The van der Waals surface area contributed by atoms with Gasteiger partial charge in [-0.25, -0.2) is 4.98 Å². The van der Waals surface area contributed by atoms with E-state index in [1.165, 1.54) is 5.39 Å². The van der Waals surface area contributed by atoms with Gasteiger partial charge in [-0.1, -0.05) is 48.5 Å². The molecule has 0 N–H and O–H groups in total. The molecule has 5 aromatic rings. The summed E-state index contributed by atoms with van der Waals surface area (Å²) in [5, 5.41) is 3.50. The van der Waals surface area contributed by atoms with Crippen molar-refractivity contribution in [2.75, 3.05) is 0 Å². The normalized spacial score (nSPS) is 11.5. The summed E-state index contributed by atoms with van der Waals surface area (Å²) < 4.78 is 2.22. The number of hydrogen-bond acceptors (Lipinski definition) is 1. The highest BCUT2D eigenvalue weighted by molar-refractivity contribution is 6.08. The van der Waals surface area contributed by atoms with Gasteiger partial charge in [0.1, 0.15) is 5.82 Å². The molecule has 107 valence electrons. The summed E-state index contributed by atoms with van der Waals surface area (Å²) in [6, 6.07) is 30.3. The summed E-state index contributed by atoms with van der Waals surface area (Å²) in [6.07, 6.45) is 0. The van der Waals surface area contributed by atoms with Crippen LogP contribution in [0.4, 0.5) is 0 Å². The molecule has 3 aromatic carbocycles. The van der Waals surface area contributed by atoms with E-state index < -0.39 is 0 Å². The van der Waals surface area contributed by atoms with E-state index in [0.717, 1.165) is 33.1 Å². The van der Waals surface area contributed by atoms with Gasteiger partial charge in [-0.3, -0.25) is 4.57 Å². The van der Waals surface area contributed by atoms with Gasteiger partial charge in [0, 0.05) is 16.2 Å². The van der Waals surface area contributed by atoms with E-state index in [1.54, 1.807) is 0 Å². The summed E-state index contributed by atoms with van der Waals surface area (Å²) in [7, 11) is 0. The number of nitrogens with zero attached hydrogens (tertiary/aromatic N) is 2. The van der Waals surface area contributed by atoms with E-state index in [2.05, 4.69) is 65.2 Å². The van der Waals surface area contributed by atoms with Crippen LogP contribution >= 0.6 is 0 Å². The van der Waals surface area contributed by atoms with Gasteiger partial charge in [-0.2, -0.15) is 0 Å². The van der Waals surface area contributed by atoms with E-state index in [-0.39, 0.29) is 0 Å². The van der Waals surface area contributed by atoms with Gasteiger partial charge in [0.15, 0.2) is 0 Å². The number of aromatic nitrogens is 2. The Bertz CT molecular complexity index is 1110. The molecule has 2 aromatic heterocycles. The van der Waals surface area contributed by atoms with Crippen molar-refractivity contribution in [3.8, 4) is 5.82 Å². The molecule has 2 heterocycles. The Morgan fingerprint density at radius 3 is 2.57 bits per heavy atom. The fourth-order valence-electron chi connectivity index (χ4n) is 3.27. The average Bonchev–Trinajstić information content (AvgIpc) is 2.96. The Hall–Kier alpha value is -3.13. The topological polar surface area (TPSA) is 17.8 Å². The third-order valence-electron chi connectivity index (χ3n) is 4.30. The third-order valence-corrected chi connectivity index (χ3v) is 4.30. The van der Waals surface area contributed by atoms with Crippen molar-refractivity contribution in [3.63, 3.8) is 0 Å². The zero-order valence-electron chi connectivity index (χ0n) is 12.4. The molecular weight excluding hydrogens is 280 g/mol. The SMILES string of the molecule is [c]1cccc2c1c1ccccc1n2-c1ccc2ccccc2n1. The first-order valence-electron chi connectivity index (χ1n) is 7.68. The molecule has 0 saturated heterocycles. The Kier molecular flexibility index (Phi) is 2.53. The number of hydrogen-bond donors (Lipinski definition) is 0. The fraction of sp³-hybridized carbons (Fsp3) is 0. The van der Waals surface area contributed by atoms with Crippen molar-refractivity contribution >= 4 is 32.7 Å². The van der Waals surface area contributed by atoms with Crippen LogP contribution in [-0.4, -0.2) is 9.55 Å². The first-order valence-corrected chi connectivity index (χ1v) is 7.68. The van der Waals surface area contributed by atoms with E-state index in [4.69, 9.17) is 4.98 Å². The minimum atomic E-state index is 0.939. The van der Waals surface area contributed by atoms with Gasteiger partial charge in [-0.15, -0.1) is 0 Å². The van der Waals surface area contributed by atoms with Gasteiger partial charge in [0.05, 0.1) is 16.6 Å². The monoisotopic (exact) mass is 293 g/mol. The molecule has 1 radical (unpaired) electrons. The number of para-hydroxylation sites is 2. The molecule has 0 fully saturated rings. The Labute approximate surface area is 133 Å². The fourth-order valence-corrected chi connectivity index (χ4v) is 3.27. The van der Waals surface area contributed by atoms with Crippen molar-refractivity contribution < 1.29 is 0 Å². The van der Waals surface area contributed by atoms with Crippen LogP contribution in [0.1, 0.15) is 0 Å². The third kappa shape index (κ3) is 1.78. The quantitative estimate of drug-likeness (QED) is 0.419. The highest BCUT2D eigenvalue weighted by Gasteiger charge is 2.12. The van der Waals surface area contributed by atoms with Crippen molar-refractivity contribution in [2.24, 2.45) is 0 Å². The second-order valence-corrected chi connectivity index (χ2v) is 5.65. The lowest BCUT2D eigenvalue weighted by molar-refractivity contribution is 1.10. The Morgan fingerprint density at radius 2 is 1.57 bits per heavy atom. The molecule has 0 saturated carbocycles. The summed E-state index contributed by atoms with van der Waals surface area (Å²) >= 11 is 0. The lowest BCUT2D eigenvalue weighted by Crippen LogP contribution is -1.97. The molecular formula is C21H13N2. The summed E-state index contributed by atoms with van der Waals surface area (Å²) in [5.74, 6) is 0.939. The first-order chi connectivity index (χ1) is 11.4. The van der Waals surface area contributed by atoms with Crippen LogP contribution in [-0.2, 0) is 0 Å². The number of rotatable bonds is 1. The van der Waals surface area contributed by atoms with Gasteiger partial charge in [0.25, 0.3) is 0 Å². The zero-order valence-corrected chi connectivity index (χ0v) is 12.4. The molecule has 0 amide bonds. The smallest absolute Gasteiger partial charge is 0.138 e. The number of pyridine rings is 1. The van der Waals surface area contributed by atoms with Crippen LogP contribution in [0.2, 0.25) is 0 Å². The second-order valence-electron chi connectivity index (χ2n) is 5.65. The van der Waals surface area contributed by atoms with Crippen LogP contribution < -0.4 is 0 Å². The maximum Gasteiger partial charge on any atom is 0.138 e. The molecule has 0 spiro atoms. The van der Waals surface area contributed by atoms with Crippen LogP contribution in [0.5, 0.6) is 0 Å². The maximum absolute atomic E-state index is 4.87. The molecule has 0 bridgehead atoms. The lowest BCUT2D eigenvalue weighted by atomic mass is 10.2.